The van der Waals surface area contributed by atoms with Crippen LogP contribution in [0, 0.1) is 5.41 Å². The zero-order valence-electron chi connectivity index (χ0n) is 16.8. The van der Waals surface area contributed by atoms with Crippen LogP contribution in [-0.2, 0) is 14.8 Å². The van der Waals surface area contributed by atoms with Crippen molar-refractivity contribution in [3.8, 4) is 22.6 Å². The van der Waals surface area contributed by atoms with E-state index in [1.54, 1.807) is 40.7 Å². The summed E-state index contributed by atoms with van der Waals surface area (Å²) in [5.74, 6) is 0.462. The standard InChI is InChI=1S/C22H27NO5S/c1-16-14-22(15-28-16)8-10-23(11-9-22)29(25,26)21-13-18(6-7-20(21)27-2)17-4-3-5-19(24)12-17/h3-7,12-13,16,24H,8-11,14-15H2,1-2H3. The Morgan fingerprint density at radius 3 is 2.48 bits per heavy atom. The minimum absolute atomic E-state index is 0.110. The van der Waals surface area contributed by atoms with E-state index in [0.717, 1.165) is 31.4 Å². The number of ether oxygens (including phenoxy) is 2. The molecule has 0 radical (unpaired) electrons. The van der Waals surface area contributed by atoms with Crippen LogP contribution in [-0.4, -0.2) is 50.7 Å². The van der Waals surface area contributed by atoms with E-state index in [9.17, 15) is 13.5 Å². The highest BCUT2D eigenvalue weighted by atomic mass is 32.2. The maximum absolute atomic E-state index is 13.5. The molecule has 156 valence electrons. The van der Waals surface area contributed by atoms with Crippen molar-refractivity contribution in [3.63, 3.8) is 0 Å². The summed E-state index contributed by atoms with van der Waals surface area (Å²) in [5.41, 5.74) is 1.57. The van der Waals surface area contributed by atoms with Crippen LogP contribution in [0.15, 0.2) is 47.4 Å². The molecule has 0 bridgehead atoms. The Morgan fingerprint density at radius 1 is 1.14 bits per heavy atom. The molecule has 1 atom stereocenters. The minimum Gasteiger partial charge on any atom is -0.508 e. The van der Waals surface area contributed by atoms with Gasteiger partial charge in [0.2, 0.25) is 10.0 Å². The van der Waals surface area contributed by atoms with Crippen molar-refractivity contribution in [3.05, 3.63) is 42.5 Å². The monoisotopic (exact) mass is 417 g/mol. The van der Waals surface area contributed by atoms with Crippen molar-refractivity contribution in [2.24, 2.45) is 5.41 Å². The number of aromatic hydroxyl groups is 1. The second-order valence-electron chi connectivity index (χ2n) is 8.15. The third kappa shape index (κ3) is 3.86. The zero-order valence-corrected chi connectivity index (χ0v) is 17.6. The van der Waals surface area contributed by atoms with Gasteiger partial charge in [-0.05, 0) is 67.0 Å². The second kappa shape index (κ2) is 7.63. The normalized spacial score (nSPS) is 22.1. The Balaban J connectivity index is 1.63. The zero-order chi connectivity index (χ0) is 20.6. The van der Waals surface area contributed by atoms with Crippen molar-refractivity contribution in [1.29, 1.82) is 0 Å². The molecule has 1 N–H and O–H groups in total. The van der Waals surface area contributed by atoms with Crippen LogP contribution < -0.4 is 4.74 Å². The van der Waals surface area contributed by atoms with Gasteiger partial charge in [0.25, 0.3) is 0 Å². The van der Waals surface area contributed by atoms with Crippen molar-refractivity contribution in [2.45, 2.75) is 37.2 Å². The molecule has 2 fully saturated rings. The number of nitrogens with zero attached hydrogens (tertiary/aromatic N) is 1. The first-order chi connectivity index (χ1) is 13.8. The molecule has 6 nitrogen and oxygen atoms in total. The average molecular weight is 418 g/mol. The molecule has 7 heteroatoms. The van der Waals surface area contributed by atoms with Gasteiger partial charge < -0.3 is 14.6 Å². The van der Waals surface area contributed by atoms with Crippen LogP contribution in [0.5, 0.6) is 11.5 Å². The molecule has 0 aliphatic carbocycles. The number of hydrogen-bond acceptors (Lipinski definition) is 5. The Bertz CT molecular complexity index is 996. The molecule has 29 heavy (non-hydrogen) atoms. The van der Waals surface area contributed by atoms with Crippen LogP contribution in [0.4, 0.5) is 0 Å². The summed E-state index contributed by atoms with van der Waals surface area (Å²) in [6.45, 7) is 3.77. The summed E-state index contributed by atoms with van der Waals surface area (Å²) in [7, 11) is -2.22. The fraction of sp³-hybridized carbons (Fsp3) is 0.455. The van der Waals surface area contributed by atoms with E-state index in [1.165, 1.54) is 7.11 Å². The Morgan fingerprint density at radius 2 is 1.86 bits per heavy atom. The van der Waals surface area contributed by atoms with E-state index < -0.39 is 10.0 Å². The van der Waals surface area contributed by atoms with Gasteiger partial charge in [0.1, 0.15) is 16.4 Å². The first-order valence-electron chi connectivity index (χ1n) is 9.92. The maximum atomic E-state index is 13.5. The first kappa shape index (κ1) is 20.2. The van der Waals surface area contributed by atoms with Gasteiger partial charge >= 0.3 is 0 Å². The van der Waals surface area contributed by atoms with E-state index in [1.807, 2.05) is 6.07 Å². The van der Waals surface area contributed by atoms with E-state index >= 15 is 0 Å². The Kier molecular flexibility index (Phi) is 5.31. The molecule has 2 aromatic carbocycles. The Labute approximate surface area is 172 Å². The topological polar surface area (TPSA) is 76.1 Å². The lowest BCUT2D eigenvalue weighted by Crippen LogP contribution is -2.43. The highest BCUT2D eigenvalue weighted by Crippen LogP contribution is 2.43. The van der Waals surface area contributed by atoms with Gasteiger partial charge in [-0.3, -0.25) is 0 Å². The van der Waals surface area contributed by atoms with Gasteiger partial charge in [0, 0.05) is 13.1 Å². The molecule has 2 aromatic rings. The molecular weight excluding hydrogens is 390 g/mol. The quantitative estimate of drug-likeness (QED) is 0.822. The lowest BCUT2D eigenvalue weighted by Gasteiger charge is -2.37. The van der Waals surface area contributed by atoms with Crippen molar-refractivity contribution < 1.29 is 23.0 Å². The summed E-state index contributed by atoms with van der Waals surface area (Å²) in [6.07, 6.45) is 2.87. The van der Waals surface area contributed by atoms with Crippen molar-refractivity contribution >= 4 is 10.0 Å². The molecule has 2 saturated heterocycles. The summed E-state index contributed by atoms with van der Waals surface area (Å²) in [5, 5.41) is 9.77. The van der Waals surface area contributed by atoms with Crippen molar-refractivity contribution in [2.75, 3.05) is 26.8 Å². The van der Waals surface area contributed by atoms with Gasteiger partial charge in [0.15, 0.2) is 0 Å². The van der Waals surface area contributed by atoms with Crippen LogP contribution in [0.1, 0.15) is 26.2 Å². The molecule has 0 amide bonds. The fourth-order valence-corrected chi connectivity index (χ4v) is 6.10. The average Bonchev–Trinajstić information content (AvgIpc) is 3.07. The number of phenolic OH excluding ortho intramolecular Hbond substituents is 1. The molecule has 2 aliphatic heterocycles. The van der Waals surface area contributed by atoms with Crippen LogP contribution in [0.2, 0.25) is 0 Å². The van der Waals surface area contributed by atoms with Crippen LogP contribution in [0.3, 0.4) is 0 Å². The van der Waals surface area contributed by atoms with Gasteiger partial charge in [-0.2, -0.15) is 4.31 Å². The van der Waals surface area contributed by atoms with E-state index in [4.69, 9.17) is 9.47 Å². The lowest BCUT2D eigenvalue weighted by molar-refractivity contribution is 0.0859. The molecule has 1 spiro atoms. The molecule has 0 saturated carbocycles. The summed E-state index contributed by atoms with van der Waals surface area (Å²) < 4.78 is 39.6. The van der Waals surface area contributed by atoms with E-state index in [-0.39, 0.29) is 22.2 Å². The summed E-state index contributed by atoms with van der Waals surface area (Å²) >= 11 is 0. The largest absolute Gasteiger partial charge is 0.508 e. The molecular formula is C22H27NO5S. The van der Waals surface area contributed by atoms with Crippen LogP contribution >= 0.6 is 0 Å². The van der Waals surface area contributed by atoms with E-state index in [0.29, 0.717) is 24.4 Å². The third-order valence-electron chi connectivity index (χ3n) is 6.14. The second-order valence-corrected chi connectivity index (χ2v) is 10.1. The smallest absolute Gasteiger partial charge is 0.246 e. The predicted octanol–water partition coefficient (Wildman–Crippen LogP) is 3.65. The van der Waals surface area contributed by atoms with Gasteiger partial charge in [-0.1, -0.05) is 18.2 Å². The van der Waals surface area contributed by atoms with Crippen LogP contribution in [0.25, 0.3) is 11.1 Å². The van der Waals surface area contributed by atoms with Gasteiger partial charge in [-0.25, -0.2) is 8.42 Å². The minimum atomic E-state index is -3.70. The first-order valence-corrected chi connectivity index (χ1v) is 11.4. The predicted molar refractivity (Wildman–Crippen MR) is 111 cm³/mol. The SMILES string of the molecule is COc1ccc(-c2cccc(O)c2)cc1S(=O)(=O)N1CCC2(CC1)COC(C)C2. The summed E-state index contributed by atoms with van der Waals surface area (Å²) in [4.78, 5) is 0.160. The number of benzene rings is 2. The number of rotatable bonds is 4. The highest BCUT2D eigenvalue weighted by Gasteiger charge is 2.43. The highest BCUT2D eigenvalue weighted by molar-refractivity contribution is 7.89. The molecule has 0 aromatic heterocycles. The van der Waals surface area contributed by atoms with Gasteiger partial charge in [-0.15, -0.1) is 0 Å². The number of phenols is 1. The number of hydrogen-bond donors (Lipinski definition) is 1. The number of piperidine rings is 1. The fourth-order valence-electron chi connectivity index (χ4n) is 4.48. The number of sulfonamides is 1. The van der Waals surface area contributed by atoms with Gasteiger partial charge in [0.05, 0.1) is 19.8 Å². The maximum Gasteiger partial charge on any atom is 0.246 e. The third-order valence-corrected chi connectivity index (χ3v) is 8.06. The summed E-state index contributed by atoms with van der Waals surface area (Å²) in [6, 6.07) is 11.9. The van der Waals surface area contributed by atoms with Crippen molar-refractivity contribution in [1.82, 2.24) is 4.31 Å². The van der Waals surface area contributed by atoms with E-state index in [2.05, 4.69) is 6.92 Å². The Hall–Kier alpha value is -2.09. The molecule has 1 unspecified atom stereocenters. The number of methoxy groups -OCH3 is 1. The molecule has 2 heterocycles. The lowest BCUT2D eigenvalue weighted by atomic mass is 9.77. The molecule has 2 aliphatic rings. The molecule has 4 rings (SSSR count).